The highest BCUT2D eigenvalue weighted by atomic mass is 35.5. The summed E-state index contributed by atoms with van der Waals surface area (Å²) in [4.78, 5) is 21.3. The van der Waals surface area contributed by atoms with E-state index in [4.69, 9.17) is 11.6 Å². The number of benzene rings is 1. The maximum absolute atomic E-state index is 14.1. The minimum atomic E-state index is -0.729. The molecule has 24 heavy (non-hydrogen) atoms. The van der Waals surface area contributed by atoms with Crippen molar-refractivity contribution >= 4 is 11.6 Å². The van der Waals surface area contributed by atoms with Gasteiger partial charge in [0.1, 0.15) is 17.5 Å². The number of H-pyrrole nitrogens is 1. The van der Waals surface area contributed by atoms with Gasteiger partial charge in [0.2, 0.25) is 0 Å². The molecule has 1 aromatic carbocycles. The molecular weight excluding hydrogens is 336 g/mol. The summed E-state index contributed by atoms with van der Waals surface area (Å²) in [6, 6.07) is 2.38. The molecule has 0 aliphatic carbocycles. The molecular formula is C17H18ClF2N3O. The second-order valence-corrected chi connectivity index (χ2v) is 6.38. The van der Waals surface area contributed by atoms with Crippen molar-refractivity contribution in [1.29, 1.82) is 0 Å². The Hall–Kier alpha value is -1.79. The number of aromatic amines is 1. The van der Waals surface area contributed by atoms with Crippen LogP contribution in [-0.4, -0.2) is 21.4 Å². The average molecular weight is 354 g/mol. The zero-order valence-electron chi connectivity index (χ0n) is 13.3. The molecule has 0 saturated carbocycles. The van der Waals surface area contributed by atoms with Crippen LogP contribution in [0.3, 0.4) is 0 Å². The predicted octanol–water partition coefficient (Wildman–Crippen LogP) is 3.21. The van der Waals surface area contributed by atoms with Crippen molar-refractivity contribution in [3.8, 4) is 0 Å². The summed E-state index contributed by atoms with van der Waals surface area (Å²) in [5.41, 5.74) is 1.20. The summed E-state index contributed by atoms with van der Waals surface area (Å²) < 4.78 is 28.0. The van der Waals surface area contributed by atoms with Gasteiger partial charge in [0.05, 0.1) is 10.7 Å². The molecule has 0 unspecified atom stereocenters. The molecule has 3 rings (SSSR count). The van der Waals surface area contributed by atoms with Crippen LogP contribution in [0.5, 0.6) is 0 Å². The van der Waals surface area contributed by atoms with Gasteiger partial charge in [-0.15, -0.1) is 0 Å². The molecule has 1 N–H and O–H groups in total. The van der Waals surface area contributed by atoms with E-state index < -0.39 is 11.6 Å². The third-order valence-corrected chi connectivity index (χ3v) is 4.50. The van der Waals surface area contributed by atoms with Crippen molar-refractivity contribution < 1.29 is 8.78 Å². The lowest BCUT2D eigenvalue weighted by atomic mass is 10.0. The van der Waals surface area contributed by atoms with Crippen LogP contribution in [0.15, 0.2) is 16.9 Å². The third-order valence-electron chi connectivity index (χ3n) is 4.21. The SMILES string of the molecule is CCCc1nc2c(c(=O)[nH]1)CCN(Cc1c(F)ccc(Cl)c1F)C2. The van der Waals surface area contributed by atoms with Crippen molar-refractivity contribution in [1.82, 2.24) is 14.9 Å². The molecule has 0 spiro atoms. The smallest absolute Gasteiger partial charge is 0.254 e. The Balaban J connectivity index is 1.85. The second-order valence-electron chi connectivity index (χ2n) is 5.97. The fourth-order valence-electron chi connectivity index (χ4n) is 2.97. The van der Waals surface area contributed by atoms with Gasteiger partial charge < -0.3 is 4.98 Å². The lowest BCUT2D eigenvalue weighted by Gasteiger charge is -2.28. The number of aromatic nitrogens is 2. The van der Waals surface area contributed by atoms with Gasteiger partial charge in [-0.05, 0) is 25.0 Å². The number of nitrogens with zero attached hydrogens (tertiary/aromatic N) is 2. The van der Waals surface area contributed by atoms with Crippen molar-refractivity contribution in [2.45, 2.75) is 39.3 Å². The fraction of sp³-hybridized carbons (Fsp3) is 0.412. The molecule has 1 aliphatic rings. The minimum absolute atomic E-state index is 0.0513. The van der Waals surface area contributed by atoms with Gasteiger partial charge in [-0.25, -0.2) is 13.8 Å². The standard InChI is InChI=1S/C17H18ClF2N3O/c1-2-3-15-21-14-9-23(7-6-10(14)17(24)22-15)8-11-13(19)5-4-12(18)16(11)20/h4-5H,2-3,6-9H2,1H3,(H,21,22,24). The topological polar surface area (TPSA) is 49.0 Å². The molecule has 2 aromatic rings. The normalized spacial score (nSPS) is 14.7. The first-order valence-corrected chi connectivity index (χ1v) is 8.33. The molecule has 0 radical (unpaired) electrons. The van der Waals surface area contributed by atoms with E-state index >= 15 is 0 Å². The highest BCUT2D eigenvalue weighted by Crippen LogP contribution is 2.24. The van der Waals surface area contributed by atoms with Gasteiger partial charge in [-0.2, -0.15) is 0 Å². The molecule has 1 aromatic heterocycles. The summed E-state index contributed by atoms with van der Waals surface area (Å²) in [7, 11) is 0. The van der Waals surface area contributed by atoms with Crippen molar-refractivity contribution in [2.75, 3.05) is 6.54 Å². The Bertz CT molecular complexity index is 822. The molecule has 0 atom stereocenters. The van der Waals surface area contributed by atoms with Crippen LogP contribution in [0.4, 0.5) is 8.78 Å². The van der Waals surface area contributed by atoms with E-state index in [0.717, 1.165) is 6.42 Å². The summed E-state index contributed by atoms with van der Waals surface area (Å²) in [5.74, 6) is -0.690. The van der Waals surface area contributed by atoms with Crippen LogP contribution in [0.25, 0.3) is 0 Å². The van der Waals surface area contributed by atoms with Gasteiger partial charge in [0, 0.05) is 37.2 Å². The predicted molar refractivity (Wildman–Crippen MR) is 88.0 cm³/mol. The van der Waals surface area contributed by atoms with E-state index in [9.17, 15) is 13.6 Å². The minimum Gasteiger partial charge on any atom is -0.310 e. The fourth-order valence-corrected chi connectivity index (χ4v) is 3.15. The zero-order valence-corrected chi connectivity index (χ0v) is 14.1. The molecule has 2 heterocycles. The maximum Gasteiger partial charge on any atom is 0.254 e. The lowest BCUT2D eigenvalue weighted by Crippen LogP contribution is -2.35. The number of hydrogen-bond donors (Lipinski definition) is 1. The molecule has 7 heteroatoms. The molecule has 1 aliphatic heterocycles. The van der Waals surface area contributed by atoms with Crippen LogP contribution < -0.4 is 5.56 Å². The van der Waals surface area contributed by atoms with Crippen molar-refractivity contribution in [3.63, 3.8) is 0 Å². The largest absolute Gasteiger partial charge is 0.310 e. The third kappa shape index (κ3) is 3.35. The van der Waals surface area contributed by atoms with Gasteiger partial charge in [-0.3, -0.25) is 9.69 Å². The van der Waals surface area contributed by atoms with E-state index in [-0.39, 0.29) is 22.7 Å². The van der Waals surface area contributed by atoms with Crippen LogP contribution in [0.2, 0.25) is 5.02 Å². The van der Waals surface area contributed by atoms with Crippen LogP contribution in [-0.2, 0) is 25.9 Å². The molecule has 0 amide bonds. The summed E-state index contributed by atoms with van der Waals surface area (Å²) in [6.45, 7) is 3.03. The van der Waals surface area contributed by atoms with Crippen LogP contribution >= 0.6 is 11.6 Å². The average Bonchev–Trinajstić information content (AvgIpc) is 2.55. The molecule has 0 saturated heterocycles. The molecule has 0 fully saturated rings. The number of fused-ring (bicyclic) bond motifs is 1. The summed E-state index contributed by atoms with van der Waals surface area (Å²) >= 11 is 5.74. The zero-order chi connectivity index (χ0) is 17.3. The van der Waals surface area contributed by atoms with Crippen molar-refractivity contribution in [3.05, 3.63) is 61.8 Å². The Labute approximate surface area is 143 Å². The van der Waals surface area contributed by atoms with Gasteiger partial charge in [-0.1, -0.05) is 18.5 Å². The Morgan fingerprint density at radius 2 is 2.17 bits per heavy atom. The van der Waals surface area contributed by atoms with E-state index in [1.807, 2.05) is 11.8 Å². The number of nitrogens with one attached hydrogen (secondary N) is 1. The Morgan fingerprint density at radius 1 is 1.38 bits per heavy atom. The quantitative estimate of drug-likeness (QED) is 0.859. The molecule has 4 nitrogen and oxygen atoms in total. The second kappa shape index (κ2) is 6.99. The van der Waals surface area contributed by atoms with Crippen LogP contribution in [0.1, 0.15) is 36.0 Å². The highest BCUT2D eigenvalue weighted by molar-refractivity contribution is 6.30. The Kier molecular flexibility index (Phi) is 4.96. The number of rotatable bonds is 4. The number of hydrogen-bond acceptors (Lipinski definition) is 3. The van der Waals surface area contributed by atoms with Crippen molar-refractivity contribution in [2.24, 2.45) is 0 Å². The van der Waals surface area contributed by atoms with Gasteiger partial charge in [0.15, 0.2) is 0 Å². The first kappa shape index (κ1) is 17.0. The Morgan fingerprint density at radius 3 is 2.92 bits per heavy atom. The maximum atomic E-state index is 14.1. The summed E-state index contributed by atoms with van der Waals surface area (Å²) in [6.07, 6.45) is 2.08. The first-order chi connectivity index (χ1) is 11.5. The highest BCUT2D eigenvalue weighted by Gasteiger charge is 2.23. The van der Waals surface area contributed by atoms with E-state index in [0.29, 0.717) is 43.0 Å². The van der Waals surface area contributed by atoms with Gasteiger partial charge in [0.25, 0.3) is 5.56 Å². The molecule has 0 bridgehead atoms. The van der Waals surface area contributed by atoms with Crippen LogP contribution in [0, 0.1) is 11.6 Å². The van der Waals surface area contributed by atoms with E-state index in [1.165, 1.54) is 12.1 Å². The lowest BCUT2D eigenvalue weighted by molar-refractivity contribution is 0.233. The first-order valence-electron chi connectivity index (χ1n) is 7.95. The van der Waals surface area contributed by atoms with E-state index in [2.05, 4.69) is 9.97 Å². The number of aryl methyl sites for hydroxylation is 1. The van der Waals surface area contributed by atoms with Gasteiger partial charge >= 0.3 is 0 Å². The monoisotopic (exact) mass is 353 g/mol. The van der Waals surface area contributed by atoms with E-state index in [1.54, 1.807) is 0 Å². The number of halogens is 3. The summed E-state index contributed by atoms with van der Waals surface area (Å²) in [5, 5.41) is -0.0939. The molecule has 128 valence electrons.